The highest BCUT2D eigenvalue weighted by molar-refractivity contribution is 5.60. The van der Waals surface area contributed by atoms with Crippen molar-refractivity contribution in [2.45, 2.75) is 13.0 Å². The van der Waals surface area contributed by atoms with Gasteiger partial charge >= 0.3 is 0 Å². The van der Waals surface area contributed by atoms with Gasteiger partial charge in [-0.15, -0.1) is 0 Å². The quantitative estimate of drug-likeness (QED) is 0.781. The predicted molar refractivity (Wildman–Crippen MR) is 65.1 cm³/mol. The van der Waals surface area contributed by atoms with Crippen molar-refractivity contribution in [2.24, 2.45) is 0 Å². The first kappa shape index (κ1) is 9.55. The summed E-state index contributed by atoms with van der Waals surface area (Å²) >= 11 is 0. The van der Waals surface area contributed by atoms with Crippen LogP contribution in [0, 0.1) is 0 Å². The van der Waals surface area contributed by atoms with Crippen LogP contribution in [0.15, 0.2) is 42.6 Å². The molecule has 2 aromatic rings. The van der Waals surface area contributed by atoms with Gasteiger partial charge in [-0.05, 0) is 30.2 Å². The molecule has 0 saturated heterocycles. The molecule has 80 valence electrons. The summed E-state index contributed by atoms with van der Waals surface area (Å²) in [6, 6.07) is 12.6. The average Bonchev–Trinajstić information content (AvgIpc) is 2.39. The average molecular weight is 210 g/mol. The van der Waals surface area contributed by atoms with Crippen LogP contribution in [-0.4, -0.2) is 11.5 Å². The Balaban J connectivity index is 2.03. The maximum Gasteiger partial charge on any atom is 0.0704 e. The SMILES string of the molecule is c1ccc(-c2cc3c(cn2)CNCC3)cc1. The van der Waals surface area contributed by atoms with Crippen LogP contribution in [0.4, 0.5) is 0 Å². The van der Waals surface area contributed by atoms with Crippen molar-refractivity contribution in [2.75, 3.05) is 6.54 Å². The highest BCUT2D eigenvalue weighted by Crippen LogP contribution is 2.21. The van der Waals surface area contributed by atoms with Crippen LogP contribution in [0.3, 0.4) is 0 Å². The van der Waals surface area contributed by atoms with Crippen molar-refractivity contribution >= 4 is 0 Å². The zero-order valence-corrected chi connectivity index (χ0v) is 9.11. The van der Waals surface area contributed by atoms with Crippen LogP contribution >= 0.6 is 0 Å². The van der Waals surface area contributed by atoms with Gasteiger partial charge in [-0.1, -0.05) is 30.3 Å². The van der Waals surface area contributed by atoms with E-state index in [1.807, 2.05) is 12.3 Å². The van der Waals surface area contributed by atoms with Crippen LogP contribution in [0.1, 0.15) is 11.1 Å². The Morgan fingerprint density at radius 2 is 1.94 bits per heavy atom. The highest BCUT2D eigenvalue weighted by Gasteiger charge is 2.10. The zero-order chi connectivity index (χ0) is 10.8. The number of hydrogen-bond donors (Lipinski definition) is 1. The number of hydrogen-bond acceptors (Lipinski definition) is 2. The van der Waals surface area contributed by atoms with Crippen LogP contribution in [0.5, 0.6) is 0 Å². The highest BCUT2D eigenvalue weighted by atomic mass is 14.9. The Morgan fingerprint density at radius 1 is 1.06 bits per heavy atom. The molecule has 0 amide bonds. The van der Waals surface area contributed by atoms with Crippen molar-refractivity contribution in [3.8, 4) is 11.3 Å². The van der Waals surface area contributed by atoms with Crippen molar-refractivity contribution in [3.05, 3.63) is 53.7 Å². The molecule has 0 atom stereocenters. The van der Waals surface area contributed by atoms with E-state index in [1.165, 1.54) is 16.7 Å². The van der Waals surface area contributed by atoms with E-state index < -0.39 is 0 Å². The Morgan fingerprint density at radius 3 is 2.81 bits per heavy atom. The molecular weight excluding hydrogens is 196 g/mol. The van der Waals surface area contributed by atoms with Crippen molar-refractivity contribution < 1.29 is 0 Å². The lowest BCUT2D eigenvalue weighted by Gasteiger charge is -2.17. The van der Waals surface area contributed by atoms with E-state index in [0.717, 1.165) is 25.2 Å². The van der Waals surface area contributed by atoms with Crippen molar-refractivity contribution in [1.82, 2.24) is 10.3 Å². The molecule has 1 aliphatic heterocycles. The fraction of sp³-hybridized carbons (Fsp3) is 0.214. The summed E-state index contributed by atoms with van der Waals surface area (Å²) in [7, 11) is 0. The first-order chi connectivity index (χ1) is 7.93. The van der Waals surface area contributed by atoms with E-state index in [-0.39, 0.29) is 0 Å². The summed E-state index contributed by atoms with van der Waals surface area (Å²) in [5.41, 5.74) is 5.06. The third kappa shape index (κ3) is 1.72. The second-order valence-electron chi connectivity index (χ2n) is 4.13. The summed E-state index contributed by atoms with van der Waals surface area (Å²) in [5, 5.41) is 3.36. The molecule has 0 radical (unpaired) electrons. The lowest BCUT2D eigenvalue weighted by atomic mass is 10.0. The minimum atomic E-state index is 0.956. The minimum absolute atomic E-state index is 0.956. The van der Waals surface area contributed by atoms with Gasteiger partial charge in [-0.25, -0.2) is 0 Å². The molecule has 0 fully saturated rings. The summed E-state index contributed by atoms with van der Waals surface area (Å²) in [6.07, 6.45) is 3.11. The molecule has 1 aromatic carbocycles. The smallest absolute Gasteiger partial charge is 0.0704 e. The van der Waals surface area contributed by atoms with Crippen molar-refractivity contribution in [1.29, 1.82) is 0 Å². The fourth-order valence-corrected chi connectivity index (χ4v) is 2.13. The Hall–Kier alpha value is -1.67. The number of benzene rings is 1. The Labute approximate surface area is 95.3 Å². The predicted octanol–water partition coefficient (Wildman–Crippen LogP) is 2.39. The van der Waals surface area contributed by atoms with Gasteiger partial charge in [0.1, 0.15) is 0 Å². The maximum atomic E-state index is 4.52. The number of rotatable bonds is 1. The number of nitrogens with zero attached hydrogens (tertiary/aromatic N) is 1. The van der Waals surface area contributed by atoms with Crippen molar-refractivity contribution in [3.63, 3.8) is 0 Å². The van der Waals surface area contributed by atoms with Gasteiger partial charge in [-0.2, -0.15) is 0 Å². The number of fused-ring (bicyclic) bond motifs is 1. The van der Waals surface area contributed by atoms with Gasteiger partial charge < -0.3 is 5.32 Å². The zero-order valence-electron chi connectivity index (χ0n) is 9.11. The molecule has 16 heavy (non-hydrogen) atoms. The molecule has 2 heteroatoms. The molecule has 1 N–H and O–H groups in total. The molecule has 0 aliphatic carbocycles. The monoisotopic (exact) mass is 210 g/mol. The van der Waals surface area contributed by atoms with Gasteiger partial charge in [0, 0.05) is 18.3 Å². The number of nitrogens with one attached hydrogen (secondary N) is 1. The lowest BCUT2D eigenvalue weighted by Crippen LogP contribution is -2.23. The molecule has 2 heterocycles. The first-order valence-corrected chi connectivity index (χ1v) is 5.67. The molecule has 1 aromatic heterocycles. The van der Waals surface area contributed by atoms with Gasteiger partial charge in [0.2, 0.25) is 0 Å². The van der Waals surface area contributed by atoms with E-state index in [4.69, 9.17) is 0 Å². The fourth-order valence-electron chi connectivity index (χ4n) is 2.13. The van der Waals surface area contributed by atoms with Gasteiger partial charge in [0.05, 0.1) is 5.69 Å². The second kappa shape index (κ2) is 4.06. The molecule has 0 unspecified atom stereocenters. The molecule has 3 rings (SSSR count). The van der Waals surface area contributed by atoms with E-state index in [1.54, 1.807) is 0 Å². The Kier molecular flexibility index (Phi) is 2.43. The normalized spacial score (nSPS) is 14.5. The van der Waals surface area contributed by atoms with E-state index in [2.05, 4.69) is 40.6 Å². The molecule has 0 bridgehead atoms. The van der Waals surface area contributed by atoms with Crippen LogP contribution in [0.25, 0.3) is 11.3 Å². The van der Waals surface area contributed by atoms with Crippen LogP contribution in [0.2, 0.25) is 0 Å². The molecule has 0 spiro atoms. The number of pyridine rings is 1. The topological polar surface area (TPSA) is 24.9 Å². The molecule has 1 aliphatic rings. The van der Waals surface area contributed by atoms with Gasteiger partial charge in [-0.3, -0.25) is 4.98 Å². The van der Waals surface area contributed by atoms with E-state index in [9.17, 15) is 0 Å². The molecule has 2 nitrogen and oxygen atoms in total. The van der Waals surface area contributed by atoms with E-state index in [0.29, 0.717) is 0 Å². The maximum absolute atomic E-state index is 4.52. The van der Waals surface area contributed by atoms with Crippen LogP contribution < -0.4 is 5.32 Å². The lowest BCUT2D eigenvalue weighted by molar-refractivity contribution is 0.641. The largest absolute Gasteiger partial charge is 0.312 e. The molecular formula is C14H14N2. The third-order valence-electron chi connectivity index (χ3n) is 3.04. The summed E-state index contributed by atoms with van der Waals surface area (Å²) in [6.45, 7) is 2.03. The van der Waals surface area contributed by atoms with E-state index >= 15 is 0 Å². The minimum Gasteiger partial charge on any atom is -0.312 e. The van der Waals surface area contributed by atoms with Gasteiger partial charge in [0.25, 0.3) is 0 Å². The molecule has 0 saturated carbocycles. The second-order valence-corrected chi connectivity index (χ2v) is 4.13. The number of aromatic nitrogens is 1. The Bertz CT molecular complexity index is 491. The standard InChI is InChI=1S/C14H14N2/c1-2-4-11(5-3-1)14-8-12-6-7-15-9-13(12)10-16-14/h1-5,8,10,15H,6-7,9H2. The first-order valence-electron chi connectivity index (χ1n) is 5.67. The summed E-state index contributed by atoms with van der Waals surface area (Å²) < 4.78 is 0. The van der Waals surface area contributed by atoms with Crippen LogP contribution in [-0.2, 0) is 13.0 Å². The summed E-state index contributed by atoms with van der Waals surface area (Å²) in [5.74, 6) is 0. The summed E-state index contributed by atoms with van der Waals surface area (Å²) in [4.78, 5) is 4.52. The third-order valence-corrected chi connectivity index (χ3v) is 3.04. The van der Waals surface area contributed by atoms with Gasteiger partial charge in [0.15, 0.2) is 0 Å².